The highest BCUT2D eigenvalue weighted by molar-refractivity contribution is 7.92. The summed E-state index contributed by atoms with van der Waals surface area (Å²) in [4.78, 5) is 16.3. The minimum Gasteiger partial charge on any atom is -0.492 e. The van der Waals surface area contributed by atoms with E-state index in [4.69, 9.17) is 4.74 Å². The van der Waals surface area contributed by atoms with Crippen molar-refractivity contribution >= 4 is 21.6 Å². The Kier molecular flexibility index (Phi) is 7.18. The van der Waals surface area contributed by atoms with Crippen LogP contribution < -0.4 is 14.8 Å². The summed E-state index contributed by atoms with van der Waals surface area (Å²) in [6.45, 7) is 6.86. The molecule has 0 radical (unpaired) electrons. The Morgan fingerprint density at radius 1 is 1.22 bits per heavy atom. The third-order valence-corrected chi connectivity index (χ3v) is 5.14. The topological polar surface area (TPSA) is 97.4 Å². The summed E-state index contributed by atoms with van der Waals surface area (Å²) in [7, 11) is -3.97. The fraction of sp³-hybridized carbons (Fsp3) is 0.368. The molecule has 1 amide bonds. The number of nitrogens with zero attached hydrogens (tertiary/aromatic N) is 1. The van der Waals surface area contributed by atoms with Gasteiger partial charge in [-0.15, -0.1) is 0 Å². The third-order valence-electron chi connectivity index (χ3n) is 3.70. The molecule has 0 bridgehead atoms. The fourth-order valence-corrected chi connectivity index (χ4v) is 3.63. The number of sulfonamides is 1. The van der Waals surface area contributed by atoms with Crippen molar-refractivity contribution in [1.82, 2.24) is 10.3 Å². The van der Waals surface area contributed by atoms with Crippen LogP contribution in [0.2, 0.25) is 0 Å². The van der Waals surface area contributed by atoms with Gasteiger partial charge in [0.2, 0.25) is 0 Å². The summed E-state index contributed by atoms with van der Waals surface area (Å²) in [5.74, 6) is 0.478. The van der Waals surface area contributed by atoms with Crippen LogP contribution in [0.5, 0.6) is 5.75 Å². The molecule has 8 heteroatoms. The molecule has 0 fully saturated rings. The van der Waals surface area contributed by atoms with Gasteiger partial charge in [0.25, 0.3) is 15.9 Å². The maximum Gasteiger partial charge on any atom is 0.262 e. The molecule has 0 aliphatic carbocycles. The number of amides is 1. The zero-order valence-electron chi connectivity index (χ0n) is 15.7. The van der Waals surface area contributed by atoms with Crippen LogP contribution in [0.1, 0.15) is 37.6 Å². The number of carbonyl (C=O) groups is 1. The van der Waals surface area contributed by atoms with Gasteiger partial charge in [-0.25, -0.2) is 8.42 Å². The molecule has 1 aromatic heterocycles. The Labute approximate surface area is 160 Å². The first-order valence-corrected chi connectivity index (χ1v) is 10.3. The van der Waals surface area contributed by atoms with Crippen molar-refractivity contribution in [3.8, 4) is 5.75 Å². The van der Waals surface area contributed by atoms with Gasteiger partial charge in [0, 0.05) is 12.6 Å². The van der Waals surface area contributed by atoms with Gasteiger partial charge < -0.3 is 10.1 Å². The van der Waals surface area contributed by atoms with Crippen LogP contribution in [0.3, 0.4) is 0 Å². The largest absolute Gasteiger partial charge is 0.492 e. The summed E-state index contributed by atoms with van der Waals surface area (Å²) in [6.07, 6.45) is 3.69. The lowest BCUT2D eigenvalue weighted by Crippen LogP contribution is -2.28. The van der Waals surface area contributed by atoms with Gasteiger partial charge in [-0.3, -0.25) is 14.5 Å². The van der Waals surface area contributed by atoms with Crippen LogP contribution in [-0.2, 0) is 10.0 Å². The molecule has 2 N–H and O–H groups in total. The highest BCUT2D eigenvalue weighted by atomic mass is 32.2. The van der Waals surface area contributed by atoms with Crippen LogP contribution in [0.4, 0.5) is 5.69 Å². The van der Waals surface area contributed by atoms with Crippen LogP contribution in [0.15, 0.2) is 47.6 Å². The predicted molar refractivity (Wildman–Crippen MR) is 104 cm³/mol. The lowest BCUT2D eigenvalue weighted by Gasteiger charge is -2.13. The van der Waals surface area contributed by atoms with Crippen LogP contribution >= 0.6 is 0 Å². The van der Waals surface area contributed by atoms with Gasteiger partial charge in [0.1, 0.15) is 10.6 Å². The lowest BCUT2D eigenvalue weighted by atomic mass is 10.1. The van der Waals surface area contributed by atoms with E-state index in [-0.39, 0.29) is 16.1 Å². The maximum absolute atomic E-state index is 12.8. The van der Waals surface area contributed by atoms with Crippen LogP contribution in [0.25, 0.3) is 0 Å². The molecule has 0 saturated carbocycles. The Bertz CT molecular complexity index is 882. The first-order chi connectivity index (χ1) is 12.8. The van der Waals surface area contributed by atoms with Crippen molar-refractivity contribution < 1.29 is 17.9 Å². The Balaban J connectivity index is 2.23. The van der Waals surface area contributed by atoms with E-state index in [0.29, 0.717) is 24.8 Å². The number of carbonyl (C=O) groups excluding carboxylic acids is 1. The summed E-state index contributed by atoms with van der Waals surface area (Å²) in [6, 6.07) is 7.65. The van der Waals surface area contributed by atoms with Gasteiger partial charge >= 0.3 is 0 Å². The van der Waals surface area contributed by atoms with Crippen molar-refractivity contribution in [2.75, 3.05) is 17.9 Å². The number of hydrogen-bond donors (Lipinski definition) is 2. The van der Waals surface area contributed by atoms with Gasteiger partial charge in [0.05, 0.1) is 30.3 Å². The second-order valence-corrected chi connectivity index (χ2v) is 8.03. The number of ether oxygens (including phenoxy) is 1. The summed E-state index contributed by atoms with van der Waals surface area (Å²) in [5, 5.41) is 2.77. The van der Waals surface area contributed by atoms with E-state index in [0.717, 1.165) is 6.42 Å². The molecule has 7 nitrogen and oxygen atoms in total. The Morgan fingerprint density at radius 2 is 1.96 bits per heavy atom. The van der Waals surface area contributed by atoms with E-state index in [1.54, 1.807) is 18.2 Å². The molecule has 146 valence electrons. The molecule has 2 aromatic rings. The smallest absolute Gasteiger partial charge is 0.262 e. The summed E-state index contributed by atoms with van der Waals surface area (Å²) >= 11 is 0. The number of nitrogens with one attached hydrogen (secondary N) is 2. The van der Waals surface area contributed by atoms with E-state index >= 15 is 0 Å². The average molecular weight is 391 g/mol. The van der Waals surface area contributed by atoms with E-state index in [2.05, 4.69) is 28.9 Å². The molecule has 27 heavy (non-hydrogen) atoms. The maximum atomic E-state index is 12.8. The van der Waals surface area contributed by atoms with Gasteiger partial charge in [-0.1, -0.05) is 26.0 Å². The van der Waals surface area contributed by atoms with E-state index < -0.39 is 15.9 Å². The second kappa shape index (κ2) is 9.36. The Hall–Kier alpha value is -2.61. The molecule has 0 spiro atoms. The van der Waals surface area contributed by atoms with Crippen molar-refractivity contribution in [3.05, 3.63) is 48.3 Å². The van der Waals surface area contributed by atoms with Gasteiger partial charge in [-0.05, 0) is 31.4 Å². The molecule has 1 heterocycles. The minimum absolute atomic E-state index is 0.0890. The molecule has 0 atom stereocenters. The zero-order chi connectivity index (χ0) is 19.9. The molecule has 1 aromatic carbocycles. The number of anilines is 1. The molecular formula is C19H25N3O4S. The van der Waals surface area contributed by atoms with E-state index in [9.17, 15) is 13.2 Å². The molecule has 2 rings (SSSR count). The third kappa shape index (κ3) is 5.96. The van der Waals surface area contributed by atoms with Gasteiger partial charge in [-0.2, -0.15) is 0 Å². The van der Waals surface area contributed by atoms with E-state index in [1.807, 2.05) is 6.92 Å². The first kappa shape index (κ1) is 20.7. The van der Waals surface area contributed by atoms with E-state index in [1.165, 1.54) is 24.5 Å². The van der Waals surface area contributed by atoms with Crippen molar-refractivity contribution in [2.24, 2.45) is 5.92 Å². The summed E-state index contributed by atoms with van der Waals surface area (Å²) < 4.78 is 33.4. The average Bonchev–Trinajstić information content (AvgIpc) is 2.61. The number of rotatable bonds is 9. The first-order valence-electron chi connectivity index (χ1n) is 8.81. The quantitative estimate of drug-likeness (QED) is 0.685. The SMILES string of the molecule is CCOc1cncc(NS(=O)(=O)c2ccccc2C(=O)NCCC(C)C)c1. The Morgan fingerprint density at radius 3 is 2.67 bits per heavy atom. The predicted octanol–water partition coefficient (Wildman–Crippen LogP) is 3.06. The molecule has 0 unspecified atom stereocenters. The lowest BCUT2D eigenvalue weighted by molar-refractivity contribution is 0.0948. The number of pyridine rings is 1. The zero-order valence-corrected chi connectivity index (χ0v) is 16.5. The van der Waals surface area contributed by atoms with Crippen molar-refractivity contribution in [3.63, 3.8) is 0 Å². The standard InChI is InChI=1S/C19H25N3O4S/c1-4-26-16-11-15(12-20-13-16)22-27(24,25)18-8-6-5-7-17(18)19(23)21-10-9-14(2)3/h5-8,11-14,22H,4,9-10H2,1-3H3,(H,21,23). The van der Waals surface area contributed by atoms with Crippen molar-refractivity contribution in [2.45, 2.75) is 32.1 Å². The second-order valence-electron chi connectivity index (χ2n) is 6.38. The number of benzene rings is 1. The van der Waals surface area contributed by atoms with Crippen LogP contribution in [0, 0.1) is 5.92 Å². The molecular weight excluding hydrogens is 366 g/mol. The normalized spacial score (nSPS) is 11.3. The number of hydrogen-bond acceptors (Lipinski definition) is 5. The highest BCUT2D eigenvalue weighted by Gasteiger charge is 2.22. The molecule has 0 saturated heterocycles. The van der Waals surface area contributed by atoms with Crippen molar-refractivity contribution in [1.29, 1.82) is 0 Å². The monoisotopic (exact) mass is 391 g/mol. The highest BCUT2D eigenvalue weighted by Crippen LogP contribution is 2.22. The minimum atomic E-state index is -3.97. The molecule has 0 aliphatic rings. The fourth-order valence-electron chi connectivity index (χ4n) is 2.39. The number of aromatic nitrogens is 1. The summed E-state index contributed by atoms with van der Waals surface area (Å²) in [5.41, 5.74) is 0.360. The van der Waals surface area contributed by atoms with Crippen LogP contribution in [-0.4, -0.2) is 32.5 Å². The molecule has 0 aliphatic heterocycles. The van der Waals surface area contributed by atoms with Gasteiger partial charge in [0.15, 0.2) is 0 Å².